The number of hydrogen-bond acceptors (Lipinski definition) is 2. The van der Waals surface area contributed by atoms with Crippen LogP contribution < -0.4 is 4.74 Å². The van der Waals surface area contributed by atoms with Crippen molar-refractivity contribution in [3.05, 3.63) is 60.9 Å². The van der Waals surface area contributed by atoms with Gasteiger partial charge in [0.1, 0.15) is 18.5 Å². The van der Waals surface area contributed by atoms with E-state index in [-0.39, 0.29) is 12.2 Å². The van der Waals surface area contributed by atoms with Crippen LogP contribution in [-0.4, -0.2) is 11.7 Å². The molecule has 21 heavy (non-hydrogen) atoms. The van der Waals surface area contributed by atoms with Gasteiger partial charge in [-0.15, -0.1) is 0 Å². The van der Waals surface area contributed by atoms with Crippen LogP contribution in [0.2, 0.25) is 0 Å². The summed E-state index contributed by atoms with van der Waals surface area (Å²) in [5, 5.41) is 9.95. The number of halogens is 5. The van der Waals surface area contributed by atoms with Crippen LogP contribution in [0.1, 0.15) is 11.7 Å². The summed E-state index contributed by atoms with van der Waals surface area (Å²) in [5.41, 5.74) is -0.139. The minimum atomic E-state index is -1.27. The third-order valence-corrected chi connectivity index (χ3v) is 4.32. The SMILES string of the molecule is OC(COc1c(Br)cc(Br)cc1Br)c1cccc(F)c1F. The van der Waals surface area contributed by atoms with E-state index in [0.29, 0.717) is 14.7 Å². The fraction of sp³-hybridized carbons (Fsp3) is 0.143. The molecule has 0 fully saturated rings. The van der Waals surface area contributed by atoms with Crippen molar-refractivity contribution < 1.29 is 18.6 Å². The maximum Gasteiger partial charge on any atom is 0.164 e. The lowest BCUT2D eigenvalue weighted by Gasteiger charge is -2.15. The fourth-order valence-electron chi connectivity index (χ4n) is 1.70. The number of hydrogen-bond donors (Lipinski definition) is 1. The van der Waals surface area contributed by atoms with Crippen molar-refractivity contribution >= 4 is 47.8 Å². The predicted molar refractivity (Wildman–Crippen MR) is 86.4 cm³/mol. The van der Waals surface area contributed by atoms with Crippen molar-refractivity contribution in [1.29, 1.82) is 0 Å². The molecule has 1 N–H and O–H groups in total. The summed E-state index contributed by atoms with van der Waals surface area (Å²) in [6.07, 6.45) is -1.27. The molecule has 2 aromatic rings. The molecular formula is C14H9Br3F2O2. The highest BCUT2D eigenvalue weighted by atomic mass is 79.9. The second kappa shape index (κ2) is 7.17. The van der Waals surface area contributed by atoms with E-state index in [2.05, 4.69) is 47.8 Å². The zero-order chi connectivity index (χ0) is 15.6. The van der Waals surface area contributed by atoms with E-state index in [4.69, 9.17) is 4.74 Å². The molecule has 2 rings (SSSR count). The molecule has 0 aliphatic heterocycles. The van der Waals surface area contributed by atoms with Crippen molar-refractivity contribution in [2.24, 2.45) is 0 Å². The van der Waals surface area contributed by atoms with Crippen molar-refractivity contribution in [1.82, 2.24) is 0 Å². The maximum atomic E-state index is 13.6. The van der Waals surface area contributed by atoms with Crippen LogP contribution in [0.15, 0.2) is 43.7 Å². The molecule has 0 aliphatic carbocycles. The molecule has 0 heterocycles. The van der Waals surface area contributed by atoms with Crippen LogP contribution in [0.5, 0.6) is 5.75 Å². The van der Waals surface area contributed by atoms with E-state index in [1.807, 2.05) is 0 Å². The topological polar surface area (TPSA) is 29.5 Å². The standard InChI is InChI=1S/C14H9Br3F2O2/c15-7-4-9(16)14(10(17)5-7)21-6-12(20)8-2-1-3-11(18)13(8)19/h1-5,12,20H,6H2. The number of aliphatic hydroxyl groups is 1. The summed E-state index contributed by atoms with van der Waals surface area (Å²) in [5.74, 6) is -1.60. The highest BCUT2D eigenvalue weighted by Crippen LogP contribution is 2.37. The molecule has 0 saturated carbocycles. The Balaban J connectivity index is 2.15. The van der Waals surface area contributed by atoms with E-state index in [1.165, 1.54) is 12.1 Å². The molecule has 0 bridgehead atoms. The number of rotatable bonds is 4. The highest BCUT2D eigenvalue weighted by Gasteiger charge is 2.18. The lowest BCUT2D eigenvalue weighted by atomic mass is 10.1. The summed E-state index contributed by atoms with van der Waals surface area (Å²) in [4.78, 5) is 0. The molecule has 0 aromatic heterocycles. The number of ether oxygens (including phenoxy) is 1. The van der Waals surface area contributed by atoms with Gasteiger partial charge in [0.15, 0.2) is 11.6 Å². The van der Waals surface area contributed by atoms with Gasteiger partial charge in [-0.2, -0.15) is 0 Å². The van der Waals surface area contributed by atoms with E-state index in [9.17, 15) is 13.9 Å². The van der Waals surface area contributed by atoms with Crippen LogP contribution in [0.4, 0.5) is 8.78 Å². The summed E-state index contributed by atoms with van der Waals surface area (Å²) < 4.78 is 34.3. The monoisotopic (exact) mass is 484 g/mol. The van der Waals surface area contributed by atoms with Gasteiger partial charge in [0.05, 0.1) is 8.95 Å². The molecular weight excluding hydrogens is 478 g/mol. The predicted octanol–water partition coefficient (Wildman–Crippen LogP) is 5.36. The second-order valence-electron chi connectivity index (χ2n) is 4.17. The molecule has 1 atom stereocenters. The summed E-state index contributed by atoms with van der Waals surface area (Å²) in [6, 6.07) is 7.19. The Kier molecular flexibility index (Phi) is 5.76. The molecule has 0 amide bonds. The molecule has 0 aliphatic rings. The molecule has 7 heteroatoms. The van der Waals surface area contributed by atoms with E-state index >= 15 is 0 Å². The Morgan fingerprint density at radius 2 is 1.71 bits per heavy atom. The van der Waals surface area contributed by atoms with Crippen molar-refractivity contribution in [3.63, 3.8) is 0 Å². The van der Waals surface area contributed by atoms with Crippen LogP contribution in [0, 0.1) is 11.6 Å². The smallest absolute Gasteiger partial charge is 0.164 e. The van der Waals surface area contributed by atoms with Crippen LogP contribution in [-0.2, 0) is 0 Å². The molecule has 112 valence electrons. The first-order valence-corrected chi connectivity index (χ1v) is 8.17. The molecule has 1 unspecified atom stereocenters. The molecule has 0 saturated heterocycles. The first-order valence-electron chi connectivity index (χ1n) is 5.79. The van der Waals surface area contributed by atoms with Gasteiger partial charge in [-0.3, -0.25) is 0 Å². The molecule has 0 spiro atoms. The first kappa shape index (κ1) is 16.9. The second-order valence-corrected chi connectivity index (χ2v) is 6.79. The minimum Gasteiger partial charge on any atom is -0.488 e. The number of aliphatic hydroxyl groups excluding tert-OH is 1. The summed E-state index contributed by atoms with van der Waals surface area (Å²) in [6.45, 7) is -0.209. The Morgan fingerprint density at radius 3 is 2.33 bits per heavy atom. The molecule has 2 nitrogen and oxygen atoms in total. The zero-order valence-electron chi connectivity index (χ0n) is 10.4. The van der Waals surface area contributed by atoms with Crippen molar-refractivity contribution in [2.75, 3.05) is 6.61 Å². The Hall–Kier alpha value is -0.500. The Bertz CT molecular complexity index is 642. The summed E-state index contributed by atoms with van der Waals surface area (Å²) >= 11 is 9.98. The zero-order valence-corrected chi connectivity index (χ0v) is 15.2. The Morgan fingerprint density at radius 1 is 1.10 bits per heavy atom. The first-order chi connectivity index (χ1) is 9.90. The molecule has 2 aromatic carbocycles. The molecule has 0 radical (unpaired) electrons. The van der Waals surface area contributed by atoms with Gasteiger partial charge < -0.3 is 9.84 Å². The third kappa shape index (κ3) is 4.03. The average Bonchev–Trinajstić information content (AvgIpc) is 2.40. The van der Waals surface area contributed by atoms with Crippen LogP contribution in [0.25, 0.3) is 0 Å². The van der Waals surface area contributed by atoms with Crippen molar-refractivity contribution in [3.8, 4) is 5.75 Å². The van der Waals surface area contributed by atoms with Gasteiger partial charge >= 0.3 is 0 Å². The van der Waals surface area contributed by atoms with Crippen LogP contribution in [0.3, 0.4) is 0 Å². The van der Waals surface area contributed by atoms with Gasteiger partial charge in [0.2, 0.25) is 0 Å². The van der Waals surface area contributed by atoms with E-state index in [0.717, 1.165) is 10.5 Å². The van der Waals surface area contributed by atoms with E-state index in [1.54, 1.807) is 12.1 Å². The number of benzene rings is 2. The maximum absolute atomic E-state index is 13.6. The van der Waals surface area contributed by atoms with Crippen molar-refractivity contribution in [2.45, 2.75) is 6.10 Å². The normalized spacial score (nSPS) is 12.3. The van der Waals surface area contributed by atoms with Gasteiger partial charge in [0.25, 0.3) is 0 Å². The van der Waals surface area contributed by atoms with Crippen LogP contribution >= 0.6 is 47.8 Å². The fourth-order valence-corrected chi connectivity index (χ4v) is 4.18. The Labute approximate surface area is 145 Å². The minimum absolute atomic E-state index is 0.139. The van der Waals surface area contributed by atoms with Gasteiger partial charge in [-0.25, -0.2) is 8.78 Å². The van der Waals surface area contributed by atoms with Gasteiger partial charge in [-0.05, 0) is 50.1 Å². The third-order valence-electron chi connectivity index (χ3n) is 2.69. The van der Waals surface area contributed by atoms with Gasteiger partial charge in [0, 0.05) is 10.0 Å². The lowest BCUT2D eigenvalue weighted by Crippen LogP contribution is -2.12. The summed E-state index contributed by atoms with van der Waals surface area (Å²) in [7, 11) is 0. The average molecular weight is 487 g/mol. The highest BCUT2D eigenvalue weighted by molar-refractivity contribution is 9.11. The largest absolute Gasteiger partial charge is 0.488 e. The quantitative estimate of drug-likeness (QED) is 0.630. The lowest BCUT2D eigenvalue weighted by molar-refractivity contribution is 0.103. The van der Waals surface area contributed by atoms with Gasteiger partial charge in [-0.1, -0.05) is 28.1 Å². The van der Waals surface area contributed by atoms with E-state index < -0.39 is 17.7 Å².